The summed E-state index contributed by atoms with van der Waals surface area (Å²) in [5, 5.41) is 2.35. The second kappa shape index (κ2) is 8.75. The van der Waals surface area contributed by atoms with E-state index in [0.717, 1.165) is 19.5 Å². The van der Waals surface area contributed by atoms with Gasteiger partial charge in [-0.2, -0.15) is 0 Å². The molecule has 0 aliphatic carbocycles. The Morgan fingerprint density at radius 1 is 1.25 bits per heavy atom. The van der Waals surface area contributed by atoms with Crippen molar-refractivity contribution in [3.63, 3.8) is 0 Å². The Hall–Kier alpha value is -1.23. The Morgan fingerprint density at radius 3 is 2.83 bits per heavy atom. The van der Waals surface area contributed by atoms with Gasteiger partial charge in [0, 0.05) is 42.3 Å². The molecule has 3 nitrogen and oxygen atoms in total. The zero-order valence-electron chi connectivity index (χ0n) is 14.9. The first-order valence-corrected chi connectivity index (χ1v) is 9.97. The summed E-state index contributed by atoms with van der Waals surface area (Å²) in [7, 11) is 2.22. The summed E-state index contributed by atoms with van der Waals surface area (Å²) in [5.74, 6) is 0. The highest BCUT2D eigenvalue weighted by Crippen LogP contribution is 2.21. The standard InChI is InChI=1S/C20H29N3S/c1-17(12-19-8-4-5-9-21-19)22(2)15-20-13-18(16-24-20)14-23-10-6-3-7-11-23/h4-5,8-9,13,16-17H,3,6-7,10-12,14-15H2,1-2H3. The Balaban J connectivity index is 1.49. The largest absolute Gasteiger partial charge is 0.299 e. The van der Waals surface area contributed by atoms with Gasteiger partial charge in [0.1, 0.15) is 0 Å². The van der Waals surface area contributed by atoms with Crippen molar-refractivity contribution < 1.29 is 0 Å². The van der Waals surface area contributed by atoms with Crippen LogP contribution in [0.15, 0.2) is 35.8 Å². The Kier molecular flexibility index (Phi) is 6.41. The van der Waals surface area contributed by atoms with Gasteiger partial charge in [-0.15, -0.1) is 11.3 Å². The summed E-state index contributed by atoms with van der Waals surface area (Å²) in [5.41, 5.74) is 2.66. The number of likely N-dealkylation sites (N-methyl/N-ethyl adjacent to an activating group) is 1. The SMILES string of the molecule is CC(Cc1ccccn1)N(C)Cc1cc(CN2CCCCC2)cs1. The van der Waals surface area contributed by atoms with Crippen LogP contribution in [-0.2, 0) is 19.5 Å². The van der Waals surface area contributed by atoms with Crippen LogP contribution >= 0.6 is 11.3 Å². The summed E-state index contributed by atoms with van der Waals surface area (Å²) in [4.78, 5) is 11.0. The van der Waals surface area contributed by atoms with Crippen molar-refractivity contribution in [2.45, 2.75) is 51.7 Å². The maximum absolute atomic E-state index is 4.45. The van der Waals surface area contributed by atoms with Gasteiger partial charge in [0.2, 0.25) is 0 Å². The van der Waals surface area contributed by atoms with Crippen molar-refractivity contribution in [1.82, 2.24) is 14.8 Å². The van der Waals surface area contributed by atoms with Gasteiger partial charge < -0.3 is 0 Å². The average molecular weight is 344 g/mol. The highest BCUT2D eigenvalue weighted by Gasteiger charge is 2.14. The Labute approximate surface area is 150 Å². The van der Waals surface area contributed by atoms with Crippen molar-refractivity contribution in [2.75, 3.05) is 20.1 Å². The number of hydrogen-bond donors (Lipinski definition) is 0. The van der Waals surface area contributed by atoms with Crippen LogP contribution in [0, 0.1) is 0 Å². The van der Waals surface area contributed by atoms with Crippen molar-refractivity contribution in [3.05, 3.63) is 52.0 Å². The topological polar surface area (TPSA) is 19.4 Å². The van der Waals surface area contributed by atoms with Crippen molar-refractivity contribution in [3.8, 4) is 0 Å². The van der Waals surface area contributed by atoms with E-state index >= 15 is 0 Å². The van der Waals surface area contributed by atoms with Crippen molar-refractivity contribution >= 4 is 11.3 Å². The van der Waals surface area contributed by atoms with Gasteiger partial charge in [0.25, 0.3) is 0 Å². The molecule has 1 aliphatic heterocycles. The molecule has 1 aliphatic rings. The van der Waals surface area contributed by atoms with E-state index in [1.165, 1.54) is 48.5 Å². The quantitative estimate of drug-likeness (QED) is 0.751. The van der Waals surface area contributed by atoms with E-state index in [9.17, 15) is 0 Å². The minimum atomic E-state index is 0.493. The van der Waals surface area contributed by atoms with E-state index in [-0.39, 0.29) is 0 Å². The number of nitrogens with zero attached hydrogens (tertiary/aromatic N) is 3. The molecule has 0 spiro atoms. The molecule has 2 aromatic heterocycles. The molecule has 3 heterocycles. The number of piperidine rings is 1. The molecule has 0 radical (unpaired) electrons. The van der Waals surface area contributed by atoms with Gasteiger partial charge in [-0.25, -0.2) is 0 Å². The number of thiophene rings is 1. The van der Waals surface area contributed by atoms with E-state index in [2.05, 4.69) is 52.3 Å². The van der Waals surface area contributed by atoms with Crippen molar-refractivity contribution in [2.24, 2.45) is 0 Å². The molecule has 0 saturated carbocycles. The summed E-state index contributed by atoms with van der Waals surface area (Å²) in [6.45, 7) is 6.98. The molecule has 0 amide bonds. The normalized spacial score (nSPS) is 17.3. The maximum Gasteiger partial charge on any atom is 0.0419 e. The molecular formula is C20H29N3S. The van der Waals surface area contributed by atoms with Gasteiger partial charge in [-0.1, -0.05) is 12.5 Å². The van der Waals surface area contributed by atoms with Crippen LogP contribution in [0.2, 0.25) is 0 Å². The number of hydrogen-bond acceptors (Lipinski definition) is 4. The third-order valence-electron chi connectivity index (χ3n) is 4.95. The Morgan fingerprint density at radius 2 is 2.08 bits per heavy atom. The molecular weight excluding hydrogens is 314 g/mol. The summed E-state index contributed by atoms with van der Waals surface area (Å²) >= 11 is 1.91. The lowest BCUT2D eigenvalue weighted by Crippen LogP contribution is -2.30. The Bertz CT molecular complexity index is 604. The van der Waals surface area contributed by atoms with E-state index in [1.54, 1.807) is 0 Å². The number of aromatic nitrogens is 1. The zero-order chi connectivity index (χ0) is 16.8. The fraction of sp³-hybridized carbons (Fsp3) is 0.550. The minimum absolute atomic E-state index is 0.493. The summed E-state index contributed by atoms with van der Waals surface area (Å²) in [6.07, 6.45) is 7.03. The molecule has 1 unspecified atom stereocenters. The van der Waals surface area contributed by atoms with Crippen LogP contribution < -0.4 is 0 Å². The van der Waals surface area contributed by atoms with Crippen LogP contribution in [0.5, 0.6) is 0 Å². The first-order valence-electron chi connectivity index (χ1n) is 9.09. The average Bonchev–Trinajstić information content (AvgIpc) is 3.03. The summed E-state index contributed by atoms with van der Waals surface area (Å²) < 4.78 is 0. The number of rotatable bonds is 7. The van der Waals surface area contributed by atoms with Crippen LogP contribution in [0.25, 0.3) is 0 Å². The molecule has 130 valence electrons. The third kappa shape index (κ3) is 5.13. The predicted molar refractivity (Wildman–Crippen MR) is 102 cm³/mol. The lowest BCUT2D eigenvalue weighted by Gasteiger charge is -2.26. The van der Waals surface area contributed by atoms with Gasteiger partial charge >= 0.3 is 0 Å². The second-order valence-corrected chi connectivity index (χ2v) is 8.04. The molecule has 24 heavy (non-hydrogen) atoms. The van der Waals surface area contributed by atoms with Gasteiger partial charge in [-0.05, 0) is 69.0 Å². The lowest BCUT2D eigenvalue weighted by atomic mass is 10.1. The molecule has 0 aromatic carbocycles. The molecule has 2 aromatic rings. The smallest absolute Gasteiger partial charge is 0.0419 e. The molecule has 4 heteroatoms. The van der Waals surface area contributed by atoms with E-state index in [4.69, 9.17) is 0 Å². The van der Waals surface area contributed by atoms with Crippen LogP contribution in [-0.4, -0.2) is 41.0 Å². The zero-order valence-corrected chi connectivity index (χ0v) is 15.8. The first-order chi connectivity index (χ1) is 11.7. The van der Waals surface area contributed by atoms with Crippen LogP contribution in [0.4, 0.5) is 0 Å². The highest BCUT2D eigenvalue weighted by atomic mass is 32.1. The van der Waals surface area contributed by atoms with Crippen LogP contribution in [0.1, 0.15) is 42.3 Å². The third-order valence-corrected chi connectivity index (χ3v) is 5.92. The first kappa shape index (κ1) is 17.6. The molecule has 1 atom stereocenters. The monoisotopic (exact) mass is 343 g/mol. The maximum atomic E-state index is 4.45. The molecule has 0 N–H and O–H groups in total. The second-order valence-electron chi connectivity index (χ2n) is 7.05. The van der Waals surface area contributed by atoms with E-state index < -0.39 is 0 Å². The fourth-order valence-corrected chi connectivity index (χ4v) is 4.29. The fourth-order valence-electron chi connectivity index (χ4n) is 3.35. The molecule has 0 bridgehead atoms. The lowest BCUT2D eigenvalue weighted by molar-refractivity contribution is 0.221. The number of likely N-dealkylation sites (tertiary alicyclic amines) is 1. The number of pyridine rings is 1. The van der Waals surface area contributed by atoms with Gasteiger partial charge in [0.15, 0.2) is 0 Å². The van der Waals surface area contributed by atoms with Crippen molar-refractivity contribution in [1.29, 1.82) is 0 Å². The van der Waals surface area contributed by atoms with Gasteiger partial charge in [0.05, 0.1) is 0 Å². The molecule has 3 rings (SSSR count). The highest BCUT2D eigenvalue weighted by molar-refractivity contribution is 7.10. The molecule has 1 fully saturated rings. The molecule has 1 saturated heterocycles. The minimum Gasteiger partial charge on any atom is -0.299 e. The van der Waals surface area contributed by atoms with Crippen LogP contribution in [0.3, 0.4) is 0 Å². The predicted octanol–water partition coefficient (Wildman–Crippen LogP) is 4.19. The van der Waals surface area contributed by atoms with Gasteiger partial charge in [-0.3, -0.25) is 14.8 Å². The van der Waals surface area contributed by atoms with E-state index in [0.29, 0.717) is 6.04 Å². The summed E-state index contributed by atoms with van der Waals surface area (Å²) in [6, 6.07) is 9.07. The van der Waals surface area contributed by atoms with E-state index in [1.807, 2.05) is 23.6 Å².